The number of carbonyl (C=O) groups excluding carboxylic acids is 1. The van der Waals surface area contributed by atoms with Crippen LogP contribution in [0, 0.1) is 0 Å². The van der Waals surface area contributed by atoms with E-state index in [1.165, 1.54) is 30.8 Å². The summed E-state index contributed by atoms with van der Waals surface area (Å²) in [5, 5.41) is 5.32. The minimum Gasteiger partial charge on any atom is -0.353 e. The van der Waals surface area contributed by atoms with E-state index in [9.17, 15) is 4.79 Å². The van der Waals surface area contributed by atoms with Gasteiger partial charge < -0.3 is 10.2 Å². The smallest absolute Gasteiger partial charge is 0.220 e. The average molecular weight is 292 g/mol. The van der Waals surface area contributed by atoms with Crippen LogP contribution >= 0.6 is 11.3 Å². The second kappa shape index (κ2) is 6.72. The first-order chi connectivity index (χ1) is 9.81. The Morgan fingerprint density at radius 2 is 2.10 bits per heavy atom. The van der Waals surface area contributed by atoms with Crippen molar-refractivity contribution in [1.29, 1.82) is 0 Å². The highest BCUT2D eigenvalue weighted by atomic mass is 32.1. The van der Waals surface area contributed by atoms with Gasteiger partial charge in [-0.3, -0.25) is 4.79 Å². The molecule has 4 heteroatoms. The normalized spacial score (nSPS) is 21.0. The molecule has 0 bridgehead atoms. The Balaban J connectivity index is 1.30. The van der Waals surface area contributed by atoms with Crippen LogP contribution in [0.2, 0.25) is 0 Å². The molecule has 2 heterocycles. The highest BCUT2D eigenvalue weighted by Crippen LogP contribution is 2.29. The second-order valence-corrected chi connectivity index (χ2v) is 7.07. The van der Waals surface area contributed by atoms with Crippen LogP contribution in [-0.2, 0) is 11.2 Å². The van der Waals surface area contributed by atoms with E-state index in [1.807, 2.05) is 0 Å². The standard InChI is InChI=1S/C16H24N2OS/c19-16(5-1-3-15-4-2-12-20-15)17-13-8-10-18(11-9-13)14-6-7-14/h2,4,12-14H,1,3,5-11H2,(H,17,19). The number of nitrogens with one attached hydrogen (secondary N) is 1. The van der Waals surface area contributed by atoms with Gasteiger partial charge in [-0.25, -0.2) is 0 Å². The topological polar surface area (TPSA) is 32.3 Å². The van der Waals surface area contributed by atoms with E-state index in [2.05, 4.69) is 27.7 Å². The van der Waals surface area contributed by atoms with Crippen LogP contribution in [0.4, 0.5) is 0 Å². The summed E-state index contributed by atoms with van der Waals surface area (Å²) in [5.41, 5.74) is 0. The highest BCUT2D eigenvalue weighted by Gasteiger charge is 2.31. The summed E-state index contributed by atoms with van der Waals surface area (Å²) in [7, 11) is 0. The van der Waals surface area contributed by atoms with Gasteiger partial charge in [0.25, 0.3) is 0 Å². The molecule has 2 fully saturated rings. The zero-order valence-corrected chi connectivity index (χ0v) is 12.8. The summed E-state index contributed by atoms with van der Waals surface area (Å²) in [6.07, 6.45) is 7.71. The minimum absolute atomic E-state index is 0.242. The number of hydrogen-bond donors (Lipinski definition) is 1. The molecule has 0 radical (unpaired) electrons. The monoisotopic (exact) mass is 292 g/mol. The van der Waals surface area contributed by atoms with Gasteiger partial charge in [-0.05, 0) is 50.0 Å². The van der Waals surface area contributed by atoms with Gasteiger partial charge in [-0.15, -0.1) is 11.3 Å². The maximum Gasteiger partial charge on any atom is 0.220 e. The number of amides is 1. The quantitative estimate of drug-likeness (QED) is 0.874. The molecule has 1 saturated heterocycles. The van der Waals surface area contributed by atoms with Crippen molar-refractivity contribution in [3.63, 3.8) is 0 Å². The van der Waals surface area contributed by atoms with E-state index in [4.69, 9.17) is 0 Å². The largest absolute Gasteiger partial charge is 0.353 e. The number of likely N-dealkylation sites (tertiary alicyclic amines) is 1. The van der Waals surface area contributed by atoms with Gasteiger partial charge in [-0.1, -0.05) is 6.07 Å². The molecule has 0 atom stereocenters. The van der Waals surface area contributed by atoms with Gasteiger partial charge in [0, 0.05) is 36.5 Å². The Morgan fingerprint density at radius 1 is 1.30 bits per heavy atom. The fraction of sp³-hybridized carbons (Fsp3) is 0.688. The number of piperidine rings is 1. The lowest BCUT2D eigenvalue weighted by molar-refractivity contribution is -0.122. The summed E-state index contributed by atoms with van der Waals surface area (Å²) in [6.45, 7) is 2.34. The van der Waals surface area contributed by atoms with Crippen molar-refractivity contribution >= 4 is 17.2 Å². The number of thiophene rings is 1. The number of hydrogen-bond acceptors (Lipinski definition) is 3. The molecular formula is C16H24N2OS. The van der Waals surface area contributed by atoms with Crippen molar-refractivity contribution in [3.05, 3.63) is 22.4 Å². The maximum atomic E-state index is 11.9. The van der Waals surface area contributed by atoms with E-state index in [0.29, 0.717) is 12.5 Å². The Morgan fingerprint density at radius 3 is 2.75 bits per heavy atom. The van der Waals surface area contributed by atoms with Crippen LogP contribution in [0.25, 0.3) is 0 Å². The molecule has 1 saturated carbocycles. The molecule has 2 aliphatic rings. The fourth-order valence-corrected chi connectivity index (χ4v) is 3.78. The van der Waals surface area contributed by atoms with Crippen molar-refractivity contribution in [2.24, 2.45) is 0 Å². The lowest BCUT2D eigenvalue weighted by Crippen LogP contribution is -2.45. The van der Waals surface area contributed by atoms with E-state index in [1.54, 1.807) is 11.3 Å². The van der Waals surface area contributed by atoms with E-state index >= 15 is 0 Å². The summed E-state index contributed by atoms with van der Waals surface area (Å²) >= 11 is 1.78. The summed E-state index contributed by atoms with van der Waals surface area (Å²) in [5.74, 6) is 0.242. The average Bonchev–Trinajstić information content (AvgIpc) is 3.17. The van der Waals surface area contributed by atoms with Crippen LogP contribution in [0.3, 0.4) is 0 Å². The number of rotatable bonds is 6. The predicted molar refractivity (Wildman–Crippen MR) is 83.0 cm³/mol. The Bertz CT molecular complexity index is 420. The maximum absolute atomic E-state index is 11.9. The first-order valence-corrected chi connectivity index (χ1v) is 8.75. The lowest BCUT2D eigenvalue weighted by atomic mass is 10.0. The second-order valence-electron chi connectivity index (χ2n) is 6.04. The number of nitrogens with zero attached hydrogens (tertiary/aromatic N) is 1. The zero-order valence-electron chi connectivity index (χ0n) is 12.0. The van der Waals surface area contributed by atoms with Crippen LogP contribution in [0.5, 0.6) is 0 Å². The predicted octanol–water partition coefficient (Wildman–Crippen LogP) is 2.81. The molecule has 1 aromatic rings. The molecule has 1 N–H and O–H groups in total. The van der Waals surface area contributed by atoms with Crippen molar-refractivity contribution in [2.75, 3.05) is 13.1 Å². The number of aryl methyl sites for hydroxylation is 1. The zero-order chi connectivity index (χ0) is 13.8. The molecule has 1 amide bonds. The highest BCUT2D eigenvalue weighted by molar-refractivity contribution is 7.09. The molecule has 1 aliphatic heterocycles. The van der Waals surface area contributed by atoms with E-state index < -0.39 is 0 Å². The first kappa shape index (κ1) is 14.1. The molecule has 0 aromatic carbocycles. The lowest BCUT2D eigenvalue weighted by Gasteiger charge is -2.32. The summed E-state index contributed by atoms with van der Waals surface area (Å²) in [6, 6.07) is 5.51. The van der Waals surface area contributed by atoms with Crippen molar-refractivity contribution < 1.29 is 4.79 Å². The van der Waals surface area contributed by atoms with Gasteiger partial charge in [0.2, 0.25) is 5.91 Å². The van der Waals surface area contributed by atoms with Gasteiger partial charge in [-0.2, -0.15) is 0 Å². The Kier molecular flexibility index (Phi) is 4.73. The Hall–Kier alpha value is -0.870. The SMILES string of the molecule is O=C(CCCc1cccs1)NC1CCN(C2CC2)CC1. The van der Waals surface area contributed by atoms with E-state index in [-0.39, 0.29) is 5.91 Å². The van der Waals surface area contributed by atoms with Gasteiger partial charge in [0.05, 0.1) is 0 Å². The first-order valence-electron chi connectivity index (χ1n) is 7.87. The number of carbonyl (C=O) groups is 1. The third-order valence-corrected chi connectivity index (χ3v) is 5.30. The van der Waals surface area contributed by atoms with Gasteiger partial charge >= 0.3 is 0 Å². The molecule has 0 spiro atoms. The molecule has 1 aliphatic carbocycles. The minimum atomic E-state index is 0.242. The summed E-state index contributed by atoms with van der Waals surface area (Å²) < 4.78 is 0. The van der Waals surface area contributed by atoms with Crippen LogP contribution < -0.4 is 5.32 Å². The van der Waals surface area contributed by atoms with Gasteiger partial charge in [0.1, 0.15) is 0 Å². The molecule has 3 nitrogen and oxygen atoms in total. The van der Waals surface area contributed by atoms with Crippen molar-refractivity contribution in [3.8, 4) is 0 Å². The van der Waals surface area contributed by atoms with Crippen LogP contribution in [0.15, 0.2) is 17.5 Å². The molecule has 20 heavy (non-hydrogen) atoms. The molecular weight excluding hydrogens is 268 g/mol. The molecule has 1 aromatic heterocycles. The third kappa shape index (κ3) is 4.06. The Labute approximate surface area is 125 Å². The van der Waals surface area contributed by atoms with Gasteiger partial charge in [0.15, 0.2) is 0 Å². The van der Waals surface area contributed by atoms with Crippen LogP contribution in [0.1, 0.15) is 43.4 Å². The fourth-order valence-electron chi connectivity index (χ4n) is 3.03. The van der Waals surface area contributed by atoms with Crippen molar-refractivity contribution in [1.82, 2.24) is 10.2 Å². The third-order valence-electron chi connectivity index (χ3n) is 4.37. The van der Waals surface area contributed by atoms with E-state index in [0.717, 1.165) is 31.7 Å². The molecule has 3 rings (SSSR count). The van der Waals surface area contributed by atoms with Crippen molar-refractivity contribution in [2.45, 2.75) is 57.0 Å². The molecule has 0 unspecified atom stereocenters. The summed E-state index contributed by atoms with van der Waals surface area (Å²) in [4.78, 5) is 15.9. The molecule has 110 valence electrons. The van der Waals surface area contributed by atoms with Crippen LogP contribution in [-0.4, -0.2) is 36.0 Å².